The Morgan fingerprint density at radius 3 is 2.46 bits per heavy atom. The third-order valence-electron chi connectivity index (χ3n) is 7.24. The minimum atomic E-state index is -1.30. The van der Waals surface area contributed by atoms with Gasteiger partial charge in [0.2, 0.25) is 5.91 Å². The Morgan fingerprint density at radius 2 is 1.82 bits per heavy atom. The molecule has 1 unspecified atom stereocenters. The predicted octanol–water partition coefficient (Wildman–Crippen LogP) is 3.83. The van der Waals surface area contributed by atoms with Crippen molar-refractivity contribution in [2.24, 2.45) is 5.73 Å². The predicted molar refractivity (Wildman–Crippen MR) is 143 cm³/mol. The summed E-state index contributed by atoms with van der Waals surface area (Å²) in [6.07, 6.45) is 2.09. The number of aromatic nitrogens is 1. The van der Waals surface area contributed by atoms with Crippen LogP contribution in [0.2, 0.25) is 0 Å². The van der Waals surface area contributed by atoms with Crippen molar-refractivity contribution in [2.75, 3.05) is 18.4 Å². The zero-order valence-corrected chi connectivity index (χ0v) is 21.2. The summed E-state index contributed by atoms with van der Waals surface area (Å²) in [6, 6.07) is 12.2. The van der Waals surface area contributed by atoms with Crippen LogP contribution in [-0.4, -0.2) is 51.2 Å². The number of halogens is 1. The van der Waals surface area contributed by atoms with Gasteiger partial charge in [-0.3, -0.25) is 19.3 Å². The summed E-state index contributed by atoms with van der Waals surface area (Å²) in [7, 11) is 0. The molecule has 1 aromatic heterocycles. The Labute approximate surface area is 223 Å². The molecule has 4 N–H and O–H groups in total. The number of nitrogens with one attached hydrogen (secondary N) is 1. The van der Waals surface area contributed by atoms with Crippen molar-refractivity contribution in [1.29, 1.82) is 0 Å². The molecule has 3 aromatic rings. The zero-order valence-electron chi connectivity index (χ0n) is 21.2. The minimum Gasteiger partial charge on any atom is -0.477 e. The third-order valence-corrected chi connectivity index (χ3v) is 7.24. The van der Waals surface area contributed by atoms with Gasteiger partial charge in [-0.05, 0) is 49.6 Å². The first kappa shape index (κ1) is 26.1. The van der Waals surface area contributed by atoms with Crippen LogP contribution in [0.4, 0.5) is 10.1 Å². The van der Waals surface area contributed by atoms with E-state index in [0.717, 1.165) is 12.8 Å². The lowest BCUT2D eigenvalue weighted by molar-refractivity contribution is -0.120. The minimum absolute atomic E-state index is 0.0709. The fourth-order valence-electron chi connectivity index (χ4n) is 5.51. The second-order valence-electron chi connectivity index (χ2n) is 9.70. The highest BCUT2D eigenvalue weighted by atomic mass is 19.1. The number of likely N-dealkylation sites (tertiary alicyclic amines) is 1. The van der Waals surface area contributed by atoms with E-state index >= 15 is 0 Å². The van der Waals surface area contributed by atoms with Gasteiger partial charge in [0.1, 0.15) is 11.5 Å². The second kappa shape index (κ2) is 10.3. The van der Waals surface area contributed by atoms with E-state index in [1.165, 1.54) is 35.8 Å². The van der Waals surface area contributed by atoms with Crippen molar-refractivity contribution in [2.45, 2.75) is 32.4 Å². The number of hydrogen-bond donors (Lipinski definition) is 3. The average molecular weight is 531 g/mol. The molecule has 0 bridgehead atoms. The number of nitrogens with two attached hydrogens (primary N) is 1. The number of aromatic carboxylic acids is 1. The lowest BCUT2D eigenvalue weighted by Gasteiger charge is -2.30. The number of nitrogens with zero attached hydrogens (tertiary/aromatic N) is 2. The smallest absolute Gasteiger partial charge is 0.352 e. The molecule has 3 heterocycles. The van der Waals surface area contributed by atoms with Crippen LogP contribution in [0.5, 0.6) is 0 Å². The Balaban J connectivity index is 1.84. The molecule has 2 aliphatic rings. The van der Waals surface area contributed by atoms with E-state index in [-0.39, 0.29) is 40.1 Å². The molecular formula is C29H27FN4O5. The van der Waals surface area contributed by atoms with Gasteiger partial charge in [-0.15, -0.1) is 0 Å². The van der Waals surface area contributed by atoms with Gasteiger partial charge in [-0.2, -0.15) is 0 Å². The monoisotopic (exact) mass is 530 g/mol. The maximum Gasteiger partial charge on any atom is 0.352 e. The number of carboxylic acids is 1. The molecule has 2 aromatic carbocycles. The molecule has 1 atom stereocenters. The molecule has 0 spiro atoms. The van der Waals surface area contributed by atoms with Gasteiger partial charge in [0.05, 0.1) is 29.4 Å². The van der Waals surface area contributed by atoms with E-state index in [1.807, 2.05) is 4.90 Å². The first-order chi connectivity index (χ1) is 18.7. The molecule has 39 heavy (non-hydrogen) atoms. The second-order valence-corrected chi connectivity index (χ2v) is 9.70. The number of benzene rings is 2. The maximum atomic E-state index is 14.2. The number of rotatable bonds is 8. The summed E-state index contributed by atoms with van der Waals surface area (Å²) in [5, 5.41) is 13.0. The Hall–Kier alpha value is -4.57. The van der Waals surface area contributed by atoms with Crippen LogP contribution in [-0.2, 0) is 9.59 Å². The summed E-state index contributed by atoms with van der Waals surface area (Å²) in [4.78, 5) is 53.8. The fourth-order valence-corrected chi connectivity index (χ4v) is 5.51. The molecule has 1 saturated heterocycles. The normalized spacial score (nSPS) is 16.8. The van der Waals surface area contributed by atoms with E-state index in [9.17, 15) is 28.7 Å². The molecule has 200 valence electrons. The van der Waals surface area contributed by atoms with Gasteiger partial charge < -0.3 is 20.7 Å². The third kappa shape index (κ3) is 4.74. The fraction of sp³-hybridized carbons (Fsp3) is 0.241. The first-order valence-corrected chi connectivity index (χ1v) is 12.6. The number of amides is 2. The Kier molecular flexibility index (Phi) is 6.88. The molecule has 0 radical (unpaired) electrons. The highest BCUT2D eigenvalue weighted by molar-refractivity contribution is 6.35. The van der Waals surface area contributed by atoms with Crippen molar-refractivity contribution in [3.63, 3.8) is 0 Å². The standard InChI is InChI=1S/C29H27FN4O5/c1-16-25(27(36)17-7-3-2-4-8-17)22(14-20-19-13-18(30)9-10-21(19)32-28(20)37)34(26(16)29(38)39)24(15-23(31)35)33-11-5-6-12-33/h2-4,7-10,13-14,24H,5-6,11-12,15H2,1H3,(H2,31,35)(H,32,37)(H,38,39). The molecule has 1 fully saturated rings. The Bertz CT molecular complexity index is 1540. The van der Waals surface area contributed by atoms with E-state index in [0.29, 0.717) is 24.3 Å². The topological polar surface area (TPSA) is 135 Å². The number of carbonyl (C=O) groups is 4. The number of ketones is 1. The lowest BCUT2D eigenvalue weighted by atomic mass is 9.97. The lowest BCUT2D eigenvalue weighted by Crippen LogP contribution is -2.36. The molecule has 10 heteroatoms. The average Bonchev–Trinajstić information content (AvgIpc) is 3.60. The van der Waals surface area contributed by atoms with Gasteiger partial charge in [0, 0.05) is 29.9 Å². The van der Waals surface area contributed by atoms with Crippen LogP contribution in [0.25, 0.3) is 11.6 Å². The van der Waals surface area contributed by atoms with Crippen molar-refractivity contribution >= 4 is 40.9 Å². The molecule has 2 amide bonds. The van der Waals surface area contributed by atoms with Gasteiger partial charge in [-0.1, -0.05) is 30.3 Å². The number of fused-ring (bicyclic) bond motifs is 1. The van der Waals surface area contributed by atoms with Crippen LogP contribution in [0.3, 0.4) is 0 Å². The summed E-state index contributed by atoms with van der Waals surface area (Å²) >= 11 is 0. The largest absolute Gasteiger partial charge is 0.477 e. The SMILES string of the molecule is Cc1c(C(=O)c2ccccc2)c(C=C2C(=O)Nc3ccc(F)cc32)n(C(CC(N)=O)N2CCCC2)c1C(=O)O. The van der Waals surface area contributed by atoms with E-state index in [4.69, 9.17) is 5.73 Å². The summed E-state index contributed by atoms with van der Waals surface area (Å²) < 4.78 is 15.6. The van der Waals surface area contributed by atoms with E-state index in [2.05, 4.69) is 5.32 Å². The van der Waals surface area contributed by atoms with E-state index < -0.39 is 35.5 Å². The number of hydrogen-bond acceptors (Lipinski definition) is 5. The van der Waals surface area contributed by atoms with Crippen LogP contribution < -0.4 is 11.1 Å². The van der Waals surface area contributed by atoms with Gasteiger partial charge >= 0.3 is 5.97 Å². The summed E-state index contributed by atoms with van der Waals surface area (Å²) in [6.45, 7) is 2.73. The quantitative estimate of drug-likeness (QED) is 0.299. The van der Waals surface area contributed by atoms with Crippen molar-refractivity contribution < 1.29 is 28.7 Å². The van der Waals surface area contributed by atoms with Crippen molar-refractivity contribution in [3.05, 3.63) is 88.0 Å². The highest BCUT2D eigenvalue weighted by Crippen LogP contribution is 2.38. The molecule has 0 aliphatic carbocycles. The van der Waals surface area contributed by atoms with Crippen molar-refractivity contribution in [3.8, 4) is 0 Å². The highest BCUT2D eigenvalue weighted by Gasteiger charge is 2.36. The molecule has 5 rings (SSSR count). The molecule has 2 aliphatic heterocycles. The van der Waals surface area contributed by atoms with Gasteiger partial charge in [0.25, 0.3) is 5.91 Å². The summed E-state index contributed by atoms with van der Waals surface area (Å²) in [5.74, 6) is -3.47. The van der Waals surface area contributed by atoms with Crippen LogP contribution in [0.15, 0.2) is 48.5 Å². The maximum absolute atomic E-state index is 14.2. The molecule has 0 saturated carbocycles. The molecule has 9 nitrogen and oxygen atoms in total. The molecular weight excluding hydrogens is 503 g/mol. The van der Waals surface area contributed by atoms with Gasteiger partial charge in [0.15, 0.2) is 5.78 Å². The van der Waals surface area contributed by atoms with Crippen molar-refractivity contribution in [1.82, 2.24) is 9.47 Å². The number of anilines is 1. The van der Waals surface area contributed by atoms with E-state index in [1.54, 1.807) is 30.3 Å². The Morgan fingerprint density at radius 1 is 1.13 bits per heavy atom. The first-order valence-electron chi connectivity index (χ1n) is 12.6. The number of primary amides is 1. The van der Waals surface area contributed by atoms with Crippen LogP contribution in [0, 0.1) is 12.7 Å². The number of carbonyl (C=O) groups excluding carboxylic acids is 3. The number of carboxylic acid groups (broad SMARTS) is 1. The van der Waals surface area contributed by atoms with Crippen LogP contribution in [0.1, 0.15) is 68.7 Å². The van der Waals surface area contributed by atoms with Crippen LogP contribution >= 0.6 is 0 Å². The zero-order chi connectivity index (χ0) is 27.8. The summed E-state index contributed by atoms with van der Waals surface area (Å²) in [5.41, 5.74) is 6.92. The van der Waals surface area contributed by atoms with Gasteiger partial charge in [-0.25, -0.2) is 9.18 Å².